The van der Waals surface area contributed by atoms with Crippen LogP contribution >= 0.6 is 0 Å². The van der Waals surface area contributed by atoms with Crippen molar-refractivity contribution in [1.29, 1.82) is 0 Å². The third-order valence-electron chi connectivity index (χ3n) is 5.78. The summed E-state index contributed by atoms with van der Waals surface area (Å²) < 4.78 is 15.6. The molecule has 6 nitrogen and oxygen atoms in total. The van der Waals surface area contributed by atoms with E-state index < -0.39 is 5.82 Å². The number of para-hydroxylation sites is 1. The Labute approximate surface area is 180 Å². The number of aromatic nitrogens is 2. The Balaban J connectivity index is 1.35. The van der Waals surface area contributed by atoms with Crippen molar-refractivity contribution in [3.63, 3.8) is 0 Å². The number of piperidine rings is 1. The fourth-order valence-corrected chi connectivity index (χ4v) is 3.93. The van der Waals surface area contributed by atoms with Gasteiger partial charge in [0.15, 0.2) is 0 Å². The number of benzene rings is 2. The van der Waals surface area contributed by atoms with Crippen molar-refractivity contribution in [2.24, 2.45) is 5.92 Å². The van der Waals surface area contributed by atoms with Crippen LogP contribution in [0.25, 0.3) is 5.69 Å². The average molecular weight is 420 g/mol. The summed E-state index contributed by atoms with van der Waals surface area (Å²) in [5.41, 5.74) is 2.42. The average Bonchev–Trinajstić information content (AvgIpc) is 3.19. The number of nitrogens with one attached hydrogen (secondary N) is 1. The molecule has 2 aromatic carbocycles. The van der Waals surface area contributed by atoms with E-state index in [1.54, 1.807) is 30.0 Å². The molecule has 0 atom stereocenters. The van der Waals surface area contributed by atoms with Gasteiger partial charge in [0.25, 0.3) is 5.91 Å². The molecule has 2 amide bonds. The smallest absolute Gasteiger partial charge is 0.257 e. The molecule has 1 aliphatic rings. The number of likely N-dealkylation sites (tertiary alicyclic amines) is 1. The largest absolute Gasteiger partial charge is 0.352 e. The van der Waals surface area contributed by atoms with Gasteiger partial charge in [-0.3, -0.25) is 9.59 Å². The van der Waals surface area contributed by atoms with Crippen molar-refractivity contribution >= 4 is 11.8 Å². The van der Waals surface area contributed by atoms with E-state index in [-0.39, 0.29) is 17.7 Å². The van der Waals surface area contributed by atoms with Crippen LogP contribution in [0, 0.1) is 18.7 Å². The highest BCUT2D eigenvalue weighted by atomic mass is 19.1. The van der Waals surface area contributed by atoms with Crippen LogP contribution in [0.5, 0.6) is 0 Å². The Morgan fingerprint density at radius 2 is 1.74 bits per heavy atom. The number of hydrogen-bond donors (Lipinski definition) is 1. The summed E-state index contributed by atoms with van der Waals surface area (Å²) >= 11 is 0. The van der Waals surface area contributed by atoms with Crippen molar-refractivity contribution in [3.8, 4) is 5.69 Å². The Bertz CT molecular complexity index is 1070. The molecule has 2 heterocycles. The number of carbonyl (C=O) groups is 2. The van der Waals surface area contributed by atoms with Crippen LogP contribution in [0.2, 0.25) is 0 Å². The van der Waals surface area contributed by atoms with E-state index in [0.29, 0.717) is 49.4 Å². The van der Waals surface area contributed by atoms with E-state index in [2.05, 4.69) is 10.4 Å². The molecule has 1 aromatic heterocycles. The minimum atomic E-state index is -0.393. The predicted octanol–water partition coefficient (Wildman–Crippen LogP) is 3.49. The lowest BCUT2D eigenvalue weighted by atomic mass is 9.95. The van der Waals surface area contributed by atoms with Crippen LogP contribution in [0.15, 0.2) is 60.8 Å². The van der Waals surface area contributed by atoms with E-state index in [9.17, 15) is 14.0 Å². The summed E-state index contributed by atoms with van der Waals surface area (Å²) in [5, 5.41) is 7.21. The molecular formula is C24H25FN4O2. The van der Waals surface area contributed by atoms with E-state index in [1.165, 1.54) is 16.9 Å². The van der Waals surface area contributed by atoms with Crippen molar-refractivity contribution < 1.29 is 14.0 Å². The van der Waals surface area contributed by atoms with Gasteiger partial charge in [-0.05, 0) is 37.5 Å². The van der Waals surface area contributed by atoms with E-state index >= 15 is 0 Å². The second-order valence-corrected chi connectivity index (χ2v) is 7.78. The van der Waals surface area contributed by atoms with Crippen LogP contribution in [-0.2, 0) is 11.3 Å². The van der Waals surface area contributed by atoms with Gasteiger partial charge in [-0.15, -0.1) is 0 Å². The number of rotatable bonds is 5. The lowest BCUT2D eigenvalue weighted by Crippen LogP contribution is -2.43. The van der Waals surface area contributed by atoms with Crippen LogP contribution in [0.1, 0.15) is 34.5 Å². The molecule has 0 saturated carbocycles. The lowest BCUT2D eigenvalue weighted by Gasteiger charge is -2.31. The third kappa shape index (κ3) is 4.50. The second-order valence-electron chi connectivity index (χ2n) is 7.78. The van der Waals surface area contributed by atoms with Gasteiger partial charge in [-0.2, -0.15) is 5.10 Å². The molecule has 1 saturated heterocycles. The Morgan fingerprint density at radius 3 is 2.45 bits per heavy atom. The first-order valence-corrected chi connectivity index (χ1v) is 10.4. The Morgan fingerprint density at radius 1 is 1.06 bits per heavy atom. The summed E-state index contributed by atoms with van der Waals surface area (Å²) in [4.78, 5) is 27.3. The first-order chi connectivity index (χ1) is 15.0. The highest BCUT2D eigenvalue weighted by Gasteiger charge is 2.29. The molecule has 0 radical (unpaired) electrons. The molecule has 1 aliphatic heterocycles. The van der Waals surface area contributed by atoms with Crippen molar-refractivity contribution in [2.45, 2.75) is 26.3 Å². The summed E-state index contributed by atoms with van der Waals surface area (Å²) in [5.74, 6) is -0.604. The van der Waals surface area contributed by atoms with Crippen LogP contribution in [-0.4, -0.2) is 39.6 Å². The molecule has 0 bridgehead atoms. The van der Waals surface area contributed by atoms with E-state index in [1.807, 2.05) is 30.3 Å². The van der Waals surface area contributed by atoms with Crippen LogP contribution in [0.3, 0.4) is 0 Å². The zero-order valence-electron chi connectivity index (χ0n) is 17.4. The first-order valence-electron chi connectivity index (χ1n) is 10.4. The number of carbonyl (C=O) groups excluding carboxylic acids is 2. The van der Waals surface area contributed by atoms with E-state index in [4.69, 9.17) is 0 Å². The molecule has 7 heteroatoms. The highest BCUT2D eigenvalue weighted by molar-refractivity contribution is 5.95. The molecule has 1 N–H and O–H groups in total. The van der Waals surface area contributed by atoms with Gasteiger partial charge >= 0.3 is 0 Å². The van der Waals surface area contributed by atoms with Gasteiger partial charge in [0.2, 0.25) is 5.91 Å². The molecular weight excluding hydrogens is 395 g/mol. The van der Waals surface area contributed by atoms with Gasteiger partial charge < -0.3 is 10.2 Å². The summed E-state index contributed by atoms with van der Waals surface area (Å²) in [6, 6.07) is 16.1. The number of halogens is 1. The van der Waals surface area contributed by atoms with Gasteiger partial charge in [-0.25, -0.2) is 9.07 Å². The number of hydrogen-bond acceptors (Lipinski definition) is 3. The van der Waals surface area contributed by atoms with Crippen molar-refractivity contribution in [1.82, 2.24) is 20.0 Å². The van der Waals surface area contributed by atoms with Gasteiger partial charge in [-0.1, -0.05) is 42.5 Å². The summed E-state index contributed by atoms with van der Waals surface area (Å²) in [6.45, 7) is 3.28. The minimum absolute atomic E-state index is 0.0273. The van der Waals surface area contributed by atoms with Crippen LogP contribution < -0.4 is 5.32 Å². The van der Waals surface area contributed by atoms with Crippen molar-refractivity contribution in [2.75, 3.05) is 13.1 Å². The molecule has 0 aliphatic carbocycles. The molecule has 0 spiro atoms. The molecule has 1 fully saturated rings. The number of nitrogens with zero attached hydrogens (tertiary/aromatic N) is 3. The Kier molecular flexibility index (Phi) is 6.11. The maximum absolute atomic E-state index is 14.1. The Hall–Kier alpha value is -3.48. The maximum atomic E-state index is 14.1. The zero-order valence-corrected chi connectivity index (χ0v) is 17.4. The van der Waals surface area contributed by atoms with Crippen LogP contribution in [0.4, 0.5) is 4.39 Å². The zero-order chi connectivity index (χ0) is 21.8. The molecule has 160 valence electrons. The minimum Gasteiger partial charge on any atom is -0.352 e. The summed E-state index contributed by atoms with van der Waals surface area (Å²) in [7, 11) is 0. The molecule has 31 heavy (non-hydrogen) atoms. The van der Waals surface area contributed by atoms with Gasteiger partial charge in [0, 0.05) is 25.6 Å². The summed E-state index contributed by atoms with van der Waals surface area (Å²) in [6.07, 6.45) is 2.72. The standard InChI is InChI=1S/C24H25FN4O2/c1-17-20(16-27-29(17)22-10-6-5-9-21(22)25)24(31)28-13-11-19(12-14-28)23(30)26-15-18-7-3-2-4-8-18/h2-10,16,19H,11-15H2,1H3,(H,26,30). The van der Waals surface area contributed by atoms with Gasteiger partial charge in [0.05, 0.1) is 17.5 Å². The monoisotopic (exact) mass is 420 g/mol. The van der Waals surface area contributed by atoms with Crippen molar-refractivity contribution in [3.05, 3.63) is 83.4 Å². The molecule has 4 rings (SSSR count). The maximum Gasteiger partial charge on any atom is 0.257 e. The normalized spacial score (nSPS) is 14.5. The predicted molar refractivity (Wildman–Crippen MR) is 115 cm³/mol. The number of amides is 2. The molecule has 3 aromatic rings. The molecule has 0 unspecified atom stereocenters. The van der Waals surface area contributed by atoms with Gasteiger partial charge in [0.1, 0.15) is 11.5 Å². The third-order valence-corrected chi connectivity index (χ3v) is 5.78. The fourth-order valence-electron chi connectivity index (χ4n) is 3.93. The lowest BCUT2D eigenvalue weighted by molar-refractivity contribution is -0.126. The first kappa shape index (κ1) is 20.8. The quantitative estimate of drug-likeness (QED) is 0.687. The van der Waals surface area contributed by atoms with E-state index in [0.717, 1.165) is 5.56 Å². The fraction of sp³-hybridized carbons (Fsp3) is 0.292. The topological polar surface area (TPSA) is 67.2 Å². The highest BCUT2D eigenvalue weighted by Crippen LogP contribution is 2.22. The SMILES string of the molecule is Cc1c(C(=O)N2CCC(C(=O)NCc3ccccc3)CC2)cnn1-c1ccccc1F. The second kappa shape index (κ2) is 9.12.